The van der Waals surface area contributed by atoms with Crippen molar-refractivity contribution in [1.29, 1.82) is 0 Å². The Bertz CT molecular complexity index is 373. The van der Waals surface area contributed by atoms with Crippen LogP contribution in [-0.2, 0) is 17.3 Å². The van der Waals surface area contributed by atoms with Crippen LogP contribution in [0.2, 0.25) is 5.02 Å². The van der Waals surface area contributed by atoms with E-state index >= 15 is 0 Å². The normalized spacial score (nSPS) is 12.7. The lowest BCUT2D eigenvalue weighted by Gasteiger charge is -2.06. The van der Waals surface area contributed by atoms with Gasteiger partial charge in [-0.1, -0.05) is 24.6 Å². The highest BCUT2D eigenvalue weighted by Gasteiger charge is 2.01. The molecule has 0 aromatic heterocycles. The first-order valence-corrected chi connectivity index (χ1v) is 6.99. The van der Waals surface area contributed by atoms with E-state index in [0.717, 1.165) is 5.56 Å². The summed E-state index contributed by atoms with van der Waals surface area (Å²) < 4.78 is 23.9. The molecule has 1 aromatic rings. The summed E-state index contributed by atoms with van der Waals surface area (Å²) in [6.07, 6.45) is 0. The van der Waals surface area contributed by atoms with Crippen molar-refractivity contribution in [1.82, 2.24) is 5.32 Å². The van der Waals surface area contributed by atoms with Crippen LogP contribution in [0.25, 0.3) is 0 Å². The number of nitrogens with one attached hydrogen (secondary N) is 1. The van der Waals surface area contributed by atoms with Crippen molar-refractivity contribution in [3.05, 3.63) is 34.6 Å². The Morgan fingerprint density at radius 3 is 2.88 bits per heavy atom. The second kappa shape index (κ2) is 6.99. The highest BCUT2D eigenvalue weighted by Crippen LogP contribution is 2.16. The van der Waals surface area contributed by atoms with Crippen LogP contribution in [0.4, 0.5) is 4.39 Å². The zero-order valence-electron chi connectivity index (χ0n) is 9.13. The largest absolute Gasteiger partial charge is 0.312 e. The Hall–Kier alpha value is -0.450. The average molecular weight is 264 g/mol. The second-order valence-corrected chi connectivity index (χ2v) is 5.62. The third kappa shape index (κ3) is 4.60. The summed E-state index contributed by atoms with van der Waals surface area (Å²) in [7, 11) is -0.749. The molecule has 0 amide bonds. The monoisotopic (exact) mass is 263 g/mol. The SMILES string of the molecule is CCS(=O)CCNCc1ccc(F)cc1Cl. The van der Waals surface area contributed by atoms with Gasteiger partial charge in [-0.25, -0.2) is 4.39 Å². The van der Waals surface area contributed by atoms with Gasteiger partial charge in [-0.15, -0.1) is 0 Å². The van der Waals surface area contributed by atoms with Gasteiger partial charge >= 0.3 is 0 Å². The molecule has 0 bridgehead atoms. The van der Waals surface area contributed by atoms with Gasteiger partial charge in [0, 0.05) is 40.4 Å². The van der Waals surface area contributed by atoms with E-state index in [0.29, 0.717) is 29.6 Å². The summed E-state index contributed by atoms with van der Waals surface area (Å²) in [6.45, 7) is 3.14. The summed E-state index contributed by atoms with van der Waals surface area (Å²) in [6, 6.07) is 4.33. The third-order valence-corrected chi connectivity index (χ3v) is 3.81. The number of benzene rings is 1. The van der Waals surface area contributed by atoms with Crippen LogP contribution in [0.5, 0.6) is 0 Å². The smallest absolute Gasteiger partial charge is 0.124 e. The number of hydrogen-bond donors (Lipinski definition) is 1. The second-order valence-electron chi connectivity index (χ2n) is 3.35. The predicted octanol–water partition coefficient (Wildman–Crippen LogP) is 2.34. The fourth-order valence-corrected chi connectivity index (χ4v) is 2.11. The third-order valence-electron chi connectivity index (χ3n) is 2.16. The van der Waals surface area contributed by atoms with Crippen molar-refractivity contribution in [3.63, 3.8) is 0 Å². The van der Waals surface area contributed by atoms with E-state index in [1.807, 2.05) is 6.92 Å². The van der Waals surface area contributed by atoms with Crippen molar-refractivity contribution in [2.45, 2.75) is 13.5 Å². The van der Waals surface area contributed by atoms with Gasteiger partial charge in [0.1, 0.15) is 5.82 Å². The van der Waals surface area contributed by atoms with E-state index in [1.165, 1.54) is 12.1 Å². The van der Waals surface area contributed by atoms with Crippen molar-refractivity contribution in [2.24, 2.45) is 0 Å². The highest BCUT2D eigenvalue weighted by molar-refractivity contribution is 7.84. The molecule has 0 aliphatic carbocycles. The molecule has 2 nitrogen and oxygen atoms in total. The fourth-order valence-electron chi connectivity index (χ4n) is 1.22. The Morgan fingerprint density at radius 1 is 1.50 bits per heavy atom. The molecule has 0 spiro atoms. The number of hydrogen-bond acceptors (Lipinski definition) is 2. The maximum atomic E-state index is 12.7. The van der Waals surface area contributed by atoms with Crippen molar-refractivity contribution in [2.75, 3.05) is 18.1 Å². The summed E-state index contributed by atoms with van der Waals surface area (Å²) in [4.78, 5) is 0. The van der Waals surface area contributed by atoms with E-state index in [4.69, 9.17) is 11.6 Å². The summed E-state index contributed by atoms with van der Waals surface area (Å²) in [5.41, 5.74) is 0.852. The first kappa shape index (κ1) is 13.6. The fraction of sp³-hybridized carbons (Fsp3) is 0.455. The lowest BCUT2D eigenvalue weighted by molar-refractivity contribution is 0.625. The maximum absolute atomic E-state index is 12.7. The first-order valence-electron chi connectivity index (χ1n) is 5.13. The van der Waals surface area contributed by atoms with E-state index < -0.39 is 10.8 Å². The van der Waals surface area contributed by atoms with Crippen LogP contribution in [-0.4, -0.2) is 22.3 Å². The zero-order valence-corrected chi connectivity index (χ0v) is 10.7. The molecule has 16 heavy (non-hydrogen) atoms. The van der Waals surface area contributed by atoms with Gasteiger partial charge in [0.25, 0.3) is 0 Å². The molecule has 0 fully saturated rings. The van der Waals surface area contributed by atoms with Gasteiger partial charge in [0.05, 0.1) is 0 Å². The van der Waals surface area contributed by atoms with Gasteiger partial charge in [-0.05, 0) is 17.7 Å². The Morgan fingerprint density at radius 2 is 2.25 bits per heavy atom. The van der Waals surface area contributed by atoms with Crippen LogP contribution in [0.3, 0.4) is 0 Å². The lowest BCUT2D eigenvalue weighted by atomic mass is 10.2. The molecule has 0 aliphatic heterocycles. The maximum Gasteiger partial charge on any atom is 0.124 e. The lowest BCUT2D eigenvalue weighted by Crippen LogP contribution is -2.20. The van der Waals surface area contributed by atoms with Gasteiger partial charge in [0.15, 0.2) is 0 Å². The molecule has 0 heterocycles. The van der Waals surface area contributed by atoms with E-state index in [1.54, 1.807) is 6.07 Å². The van der Waals surface area contributed by atoms with Gasteiger partial charge in [-0.3, -0.25) is 4.21 Å². The van der Waals surface area contributed by atoms with Gasteiger partial charge in [-0.2, -0.15) is 0 Å². The van der Waals surface area contributed by atoms with Crippen LogP contribution in [0, 0.1) is 5.82 Å². The average Bonchev–Trinajstić information content (AvgIpc) is 2.26. The standard InChI is InChI=1S/C11H15ClFNOS/c1-2-16(15)6-5-14-8-9-3-4-10(13)7-11(9)12/h3-4,7,14H,2,5-6,8H2,1H3. The van der Waals surface area contributed by atoms with Crippen LogP contribution >= 0.6 is 11.6 Å². The Labute approximate surface area is 103 Å². The topological polar surface area (TPSA) is 29.1 Å². The van der Waals surface area contributed by atoms with E-state index in [-0.39, 0.29) is 5.82 Å². The molecule has 0 saturated carbocycles. The van der Waals surface area contributed by atoms with Crippen molar-refractivity contribution in [3.8, 4) is 0 Å². The molecular formula is C11H15ClFNOS. The molecular weight excluding hydrogens is 249 g/mol. The molecule has 90 valence electrons. The van der Waals surface area contributed by atoms with Crippen molar-refractivity contribution >= 4 is 22.4 Å². The van der Waals surface area contributed by atoms with Crippen LogP contribution in [0.1, 0.15) is 12.5 Å². The molecule has 1 aromatic carbocycles. The summed E-state index contributed by atoms with van der Waals surface area (Å²) in [5, 5.41) is 3.55. The number of rotatable bonds is 6. The highest BCUT2D eigenvalue weighted by atomic mass is 35.5. The van der Waals surface area contributed by atoms with E-state index in [9.17, 15) is 8.60 Å². The first-order chi connectivity index (χ1) is 7.63. The summed E-state index contributed by atoms with van der Waals surface area (Å²) in [5.74, 6) is 0.981. The molecule has 0 saturated heterocycles. The molecule has 0 aliphatic rings. The minimum absolute atomic E-state index is 0.333. The minimum atomic E-state index is -0.749. The molecule has 0 radical (unpaired) electrons. The Balaban J connectivity index is 2.35. The molecule has 1 unspecified atom stereocenters. The Kier molecular flexibility index (Phi) is 5.95. The van der Waals surface area contributed by atoms with Gasteiger partial charge < -0.3 is 5.32 Å². The molecule has 1 N–H and O–H groups in total. The van der Waals surface area contributed by atoms with E-state index in [2.05, 4.69) is 5.32 Å². The van der Waals surface area contributed by atoms with Crippen LogP contribution in [0.15, 0.2) is 18.2 Å². The van der Waals surface area contributed by atoms with Gasteiger partial charge in [0.2, 0.25) is 0 Å². The minimum Gasteiger partial charge on any atom is -0.312 e. The van der Waals surface area contributed by atoms with Crippen molar-refractivity contribution < 1.29 is 8.60 Å². The quantitative estimate of drug-likeness (QED) is 0.799. The predicted molar refractivity (Wildman–Crippen MR) is 66.7 cm³/mol. The zero-order chi connectivity index (χ0) is 12.0. The molecule has 1 atom stereocenters. The molecule has 1 rings (SSSR count). The summed E-state index contributed by atoms with van der Waals surface area (Å²) >= 11 is 5.86. The number of halogens is 2. The van der Waals surface area contributed by atoms with Crippen LogP contribution < -0.4 is 5.32 Å². The molecule has 5 heteroatoms.